The lowest BCUT2D eigenvalue weighted by Gasteiger charge is -2.14. The van der Waals surface area contributed by atoms with E-state index in [0.717, 1.165) is 24.8 Å². The van der Waals surface area contributed by atoms with Crippen molar-refractivity contribution in [2.24, 2.45) is 0 Å². The van der Waals surface area contributed by atoms with Gasteiger partial charge in [-0.2, -0.15) is 5.10 Å². The standard InChI is InChI=1S/C20H21ClN4O/c1-13-8-9-15(21)10-17(13)24-20(26)16-12-23-25-18-7-5-3-2-4-6-14(18)11-22-19(16)25/h8-12H,2-7H2,1H3,(H,24,26). The van der Waals surface area contributed by atoms with Gasteiger partial charge in [0.2, 0.25) is 0 Å². The number of hydrogen-bond donors (Lipinski definition) is 1. The van der Waals surface area contributed by atoms with Crippen LogP contribution in [0.15, 0.2) is 30.6 Å². The normalized spacial score (nSPS) is 14.5. The van der Waals surface area contributed by atoms with Crippen LogP contribution in [-0.2, 0) is 12.8 Å². The molecular formula is C20H21ClN4O. The van der Waals surface area contributed by atoms with Crippen LogP contribution in [0.25, 0.3) is 5.65 Å². The number of carbonyl (C=O) groups excluding carboxylic acids is 1. The predicted octanol–water partition coefficient (Wildman–Crippen LogP) is 4.60. The number of rotatable bonds is 2. The van der Waals surface area contributed by atoms with Crippen LogP contribution >= 0.6 is 11.6 Å². The Morgan fingerprint density at radius 2 is 1.96 bits per heavy atom. The van der Waals surface area contributed by atoms with Gasteiger partial charge in [-0.15, -0.1) is 0 Å². The van der Waals surface area contributed by atoms with Crippen molar-refractivity contribution in [1.29, 1.82) is 0 Å². The van der Waals surface area contributed by atoms with Gasteiger partial charge in [0.05, 0.1) is 6.20 Å². The highest BCUT2D eigenvalue weighted by atomic mass is 35.5. The fourth-order valence-corrected chi connectivity index (χ4v) is 3.70. The zero-order valence-electron chi connectivity index (χ0n) is 14.8. The Hall–Kier alpha value is -2.40. The zero-order valence-corrected chi connectivity index (χ0v) is 15.5. The molecule has 0 aliphatic heterocycles. The first-order valence-electron chi connectivity index (χ1n) is 9.05. The van der Waals surface area contributed by atoms with E-state index in [1.165, 1.54) is 30.5 Å². The number of amides is 1. The Labute approximate surface area is 157 Å². The summed E-state index contributed by atoms with van der Waals surface area (Å²) in [5.41, 5.74) is 5.19. The Balaban J connectivity index is 1.69. The van der Waals surface area contributed by atoms with Crippen LogP contribution in [0.4, 0.5) is 5.69 Å². The van der Waals surface area contributed by atoms with Crippen molar-refractivity contribution in [3.8, 4) is 0 Å². The molecule has 0 saturated carbocycles. The van der Waals surface area contributed by atoms with E-state index in [4.69, 9.17) is 11.6 Å². The summed E-state index contributed by atoms with van der Waals surface area (Å²) in [6.45, 7) is 1.93. The van der Waals surface area contributed by atoms with E-state index in [1.807, 2.05) is 23.7 Å². The third-order valence-electron chi connectivity index (χ3n) is 5.01. The molecule has 26 heavy (non-hydrogen) atoms. The summed E-state index contributed by atoms with van der Waals surface area (Å²) in [6, 6.07) is 5.44. The number of hydrogen-bond acceptors (Lipinski definition) is 3. The molecule has 0 bridgehead atoms. The molecule has 1 aliphatic rings. The lowest BCUT2D eigenvalue weighted by molar-refractivity contribution is 0.102. The molecule has 1 amide bonds. The van der Waals surface area contributed by atoms with E-state index in [0.29, 0.717) is 21.9 Å². The van der Waals surface area contributed by atoms with Crippen LogP contribution in [0.1, 0.15) is 52.9 Å². The van der Waals surface area contributed by atoms with Crippen LogP contribution in [0, 0.1) is 6.92 Å². The van der Waals surface area contributed by atoms with Gasteiger partial charge in [0, 0.05) is 22.6 Å². The number of halogens is 1. The summed E-state index contributed by atoms with van der Waals surface area (Å²) in [4.78, 5) is 17.3. The second-order valence-corrected chi connectivity index (χ2v) is 7.29. The number of nitrogens with one attached hydrogen (secondary N) is 1. The molecule has 1 aliphatic carbocycles. The fourth-order valence-electron chi connectivity index (χ4n) is 3.53. The van der Waals surface area contributed by atoms with E-state index >= 15 is 0 Å². The Morgan fingerprint density at radius 3 is 2.81 bits per heavy atom. The minimum Gasteiger partial charge on any atom is -0.322 e. The summed E-state index contributed by atoms with van der Waals surface area (Å²) >= 11 is 6.05. The first kappa shape index (κ1) is 17.0. The molecule has 0 atom stereocenters. The van der Waals surface area contributed by atoms with Crippen molar-refractivity contribution in [1.82, 2.24) is 14.6 Å². The first-order valence-corrected chi connectivity index (χ1v) is 9.43. The van der Waals surface area contributed by atoms with Gasteiger partial charge in [-0.25, -0.2) is 9.50 Å². The Morgan fingerprint density at radius 1 is 1.15 bits per heavy atom. The molecule has 1 aromatic carbocycles. The number of fused-ring (bicyclic) bond motifs is 3. The quantitative estimate of drug-likeness (QED) is 0.719. The average Bonchev–Trinajstić information content (AvgIpc) is 3.02. The van der Waals surface area contributed by atoms with Gasteiger partial charge in [-0.05, 0) is 55.9 Å². The first-order chi connectivity index (χ1) is 12.6. The van der Waals surface area contributed by atoms with Crippen LogP contribution in [0.2, 0.25) is 5.02 Å². The molecule has 1 N–H and O–H groups in total. The Kier molecular flexibility index (Phi) is 4.64. The SMILES string of the molecule is Cc1ccc(Cl)cc1NC(=O)c1cnn2c3c(cnc12)CCCCCC3. The zero-order chi connectivity index (χ0) is 18.1. The maximum atomic E-state index is 12.8. The van der Waals surface area contributed by atoms with Crippen molar-refractivity contribution in [3.05, 3.63) is 58.0 Å². The van der Waals surface area contributed by atoms with E-state index in [2.05, 4.69) is 15.4 Å². The molecule has 5 nitrogen and oxygen atoms in total. The van der Waals surface area contributed by atoms with Gasteiger partial charge in [0.1, 0.15) is 5.56 Å². The highest BCUT2D eigenvalue weighted by Gasteiger charge is 2.19. The maximum absolute atomic E-state index is 12.8. The van der Waals surface area contributed by atoms with Crippen LogP contribution < -0.4 is 5.32 Å². The summed E-state index contributed by atoms with van der Waals surface area (Å²) in [5, 5.41) is 7.99. The topological polar surface area (TPSA) is 59.3 Å². The highest BCUT2D eigenvalue weighted by Crippen LogP contribution is 2.24. The molecule has 2 aromatic heterocycles. The van der Waals surface area contributed by atoms with Gasteiger partial charge in [0.15, 0.2) is 5.65 Å². The van der Waals surface area contributed by atoms with E-state index in [-0.39, 0.29) is 5.91 Å². The minimum atomic E-state index is -0.219. The van der Waals surface area contributed by atoms with Gasteiger partial charge >= 0.3 is 0 Å². The fraction of sp³-hybridized carbons (Fsp3) is 0.350. The van der Waals surface area contributed by atoms with Crippen LogP contribution in [0.5, 0.6) is 0 Å². The lowest BCUT2D eigenvalue weighted by atomic mass is 9.98. The monoisotopic (exact) mass is 368 g/mol. The number of nitrogens with zero attached hydrogens (tertiary/aromatic N) is 3. The molecule has 2 heterocycles. The Bertz CT molecular complexity index is 979. The molecule has 3 aromatic rings. The van der Waals surface area contributed by atoms with E-state index < -0.39 is 0 Å². The van der Waals surface area contributed by atoms with Gasteiger partial charge in [-0.3, -0.25) is 4.79 Å². The summed E-state index contributed by atoms with van der Waals surface area (Å²) < 4.78 is 1.85. The van der Waals surface area contributed by atoms with Gasteiger partial charge < -0.3 is 5.32 Å². The molecule has 4 rings (SSSR count). The van der Waals surface area contributed by atoms with Crippen molar-refractivity contribution < 1.29 is 4.79 Å². The molecule has 0 fully saturated rings. The number of aromatic nitrogens is 3. The van der Waals surface area contributed by atoms with E-state index in [1.54, 1.807) is 18.3 Å². The number of anilines is 1. The summed E-state index contributed by atoms with van der Waals surface area (Å²) in [7, 11) is 0. The molecule has 0 unspecified atom stereocenters. The molecule has 0 spiro atoms. The van der Waals surface area contributed by atoms with Crippen molar-refractivity contribution in [2.75, 3.05) is 5.32 Å². The minimum absolute atomic E-state index is 0.219. The third-order valence-corrected chi connectivity index (χ3v) is 5.25. The predicted molar refractivity (Wildman–Crippen MR) is 103 cm³/mol. The van der Waals surface area contributed by atoms with Crippen LogP contribution in [0.3, 0.4) is 0 Å². The van der Waals surface area contributed by atoms with Gasteiger partial charge in [-0.1, -0.05) is 30.5 Å². The average molecular weight is 369 g/mol. The number of aryl methyl sites for hydroxylation is 3. The molecule has 134 valence electrons. The largest absolute Gasteiger partial charge is 0.322 e. The molecular weight excluding hydrogens is 348 g/mol. The van der Waals surface area contributed by atoms with Crippen molar-refractivity contribution in [2.45, 2.75) is 45.4 Å². The summed E-state index contributed by atoms with van der Waals surface area (Å²) in [5.74, 6) is -0.219. The third kappa shape index (κ3) is 3.19. The van der Waals surface area contributed by atoms with Gasteiger partial charge in [0.25, 0.3) is 5.91 Å². The second-order valence-electron chi connectivity index (χ2n) is 6.85. The number of carbonyl (C=O) groups is 1. The van der Waals surface area contributed by atoms with Crippen molar-refractivity contribution >= 4 is 28.8 Å². The number of benzene rings is 1. The smallest absolute Gasteiger partial charge is 0.261 e. The van der Waals surface area contributed by atoms with E-state index in [9.17, 15) is 4.79 Å². The lowest BCUT2D eigenvalue weighted by Crippen LogP contribution is -2.14. The summed E-state index contributed by atoms with van der Waals surface area (Å²) in [6.07, 6.45) is 10.4. The molecule has 0 saturated heterocycles. The van der Waals surface area contributed by atoms with Crippen LogP contribution in [-0.4, -0.2) is 20.5 Å². The molecule has 0 radical (unpaired) electrons. The maximum Gasteiger partial charge on any atom is 0.261 e. The molecule has 6 heteroatoms. The highest BCUT2D eigenvalue weighted by molar-refractivity contribution is 6.31. The second kappa shape index (κ2) is 7.08. The van der Waals surface area contributed by atoms with Crippen molar-refractivity contribution in [3.63, 3.8) is 0 Å².